The lowest BCUT2D eigenvalue weighted by Gasteiger charge is -2.33. The van der Waals surface area contributed by atoms with Crippen LogP contribution in [0.15, 0.2) is 30.3 Å². The number of rotatable bonds is 16. The van der Waals surface area contributed by atoms with Gasteiger partial charge in [-0.25, -0.2) is 4.79 Å². The van der Waals surface area contributed by atoms with Crippen molar-refractivity contribution in [2.24, 2.45) is 11.8 Å². The Hall–Kier alpha value is -2.60. The van der Waals surface area contributed by atoms with E-state index in [0.717, 1.165) is 9.80 Å². The number of amides is 4. The minimum absolute atomic E-state index is 0.0196. The van der Waals surface area contributed by atoms with Crippen molar-refractivity contribution in [2.45, 2.75) is 81.9 Å². The van der Waals surface area contributed by atoms with Gasteiger partial charge in [0.05, 0.1) is 6.54 Å². The Morgan fingerprint density at radius 2 is 1.64 bits per heavy atom. The lowest BCUT2D eigenvalue weighted by molar-refractivity contribution is -0.150. The highest BCUT2D eigenvalue weighted by Gasteiger charge is 2.35. The zero-order valence-corrected chi connectivity index (χ0v) is 28.3. The Labute approximate surface area is 276 Å². The molecule has 1 rings (SSSR count). The van der Waals surface area contributed by atoms with Crippen molar-refractivity contribution in [2.75, 3.05) is 27.2 Å². The lowest BCUT2D eigenvalue weighted by atomic mass is 9.99. The van der Waals surface area contributed by atoms with Gasteiger partial charge < -0.3 is 30.3 Å². The summed E-state index contributed by atoms with van der Waals surface area (Å²) in [6, 6.07) is 5.37. The van der Waals surface area contributed by atoms with E-state index >= 15 is 0 Å². The number of carbonyl (C=O) groups excluding carboxylic acids is 5. The predicted molar refractivity (Wildman–Crippen MR) is 170 cm³/mol. The lowest BCUT2D eigenvalue weighted by Crippen LogP contribution is -2.56. The van der Waals surface area contributed by atoms with Crippen LogP contribution in [0.25, 0.3) is 0 Å². The fourth-order valence-corrected chi connectivity index (χ4v) is 4.34. The molecule has 3 N–H and O–H groups in total. The van der Waals surface area contributed by atoms with Crippen LogP contribution >= 0.6 is 34.8 Å². The summed E-state index contributed by atoms with van der Waals surface area (Å²) in [6.07, 6.45) is -0.605. The monoisotopic (exact) mass is 679 g/mol. The molecule has 0 saturated heterocycles. The molecule has 11 nitrogen and oxygen atoms in total. The number of aliphatic hydroxyl groups excluding tert-OH is 1. The van der Waals surface area contributed by atoms with Gasteiger partial charge in [0.2, 0.25) is 27.4 Å². The topological polar surface area (TPSA) is 145 Å². The Kier molecular flexibility index (Phi) is 15.7. The molecule has 0 aliphatic carbocycles. The van der Waals surface area contributed by atoms with Crippen molar-refractivity contribution >= 4 is 64.4 Å². The molecule has 0 unspecified atom stereocenters. The summed E-state index contributed by atoms with van der Waals surface area (Å²) in [6.45, 7) is 7.62. The van der Waals surface area contributed by atoms with Crippen molar-refractivity contribution in [3.63, 3.8) is 0 Å². The van der Waals surface area contributed by atoms with Crippen molar-refractivity contribution in [1.82, 2.24) is 20.4 Å². The number of halogens is 3. The maximum absolute atomic E-state index is 13.8. The van der Waals surface area contributed by atoms with Crippen LogP contribution in [0.3, 0.4) is 0 Å². The zero-order chi connectivity index (χ0) is 34.5. The predicted octanol–water partition coefficient (Wildman–Crippen LogP) is 2.87. The highest BCUT2D eigenvalue weighted by molar-refractivity contribution is 6.67. The first-order valence-electron chi connectivity index (χ1n) is 15.0. The average molecular weight is 681 g/mol. The number of aliphatic hydroxyl groups is 1. The van der Waals surface area contributed by atoms with E-state index in [-0.39, 0.29) is 24.7 Å². The summed E-state index contributed by atoms with van der Waals surface area (Å²) in [5.74, 6) is -3.89. The first-order chi connectivity index (χ1) is 20.9. The van der Waals surface area contributed by atoms with Gasteiger partial charge in [-0.2, -0.15) is 0 Å². The number of alkyl halides is 3. The number of hydrogen-bond acceptors (Lipinski definition) is 7. The van der Waals surface area contributed by atoms with E-state index in [0.29, 0.717) is 12.0 Å². The van der Waals surface area contributed by atoms with Crippen molar-refractivity contribution in [3.8, 4) is 0 Å². The van der Waals surface area contributed by atoms with Crippen LogP contribution in [0.4, 0.5) is 0 Å². The van der Waals surface area contributed by atoms with E-state index in [1.165, 1.54) is 14.0 Å². The van der Waals surface area contributed by atoms with E-state index in [1.54, 1.807) is 37.3 Å². The minimum atomic E-state index is -1.84. The third kappa shape index (κ3) is 13.6. The highest BCUT2D eigenvalue weighted by atomic mass is 35.6. The number of ether oxygens (including phenoxy) is 1. The molecule has 0 aromatic heterocycles. The van der Waals surface area contributed by atoms with Gasteiger partial charge in [0.1, 0.15) is 30.8 Å². The minimum Gasteiger partial charge on any atom is -0.460 e. The molecule has 0 bridgehead atoms. The van der Waals surface area contributed by atoms with Gasteiger partial charge in [-0.05, 0) is 30.7 Å². The summed E-state index contributed by atoms with van der Waals surface area (Å²) < 4.78 is 11.3. The quantitative estimate of drug-likeness (QED) is 0.180. The van der Waals surface area contributed by atoms with Crippen molar-refractivity contribution in [3.05, 3.63) is 35.9 Å². The van der Waals surface area contributed by atoms with Gasteiger partial charge in [-0.1, -0.05) is 99.3 Å². The number of hydrogen-bond donors (Lipinski definition) is 3. The Morgan fingerprint density at radius 1 is 1.02 bits per heavy atom. The molecular formula is C30H45Cl3N4O7. The van der Waals surface area contributed by atoms with E-state index in [1.807, 2.05) is 20.8 Å². The molecule has 248 valence electrons. The maximum Gasteiger partial charge on any atom is 0.329 e. The molecule has 4 amide bonds. The number of esters is 1. The second-order valence-corrected chi connectivity index (χ2v) is 13.8. The molecule has 0 fully saturated rings. The third-order valence-corrected chi connectivity index (χ3v) is 7.19. The SMILES string of the molecule is [2H]CN(C(=O)[C@@H](C)NC(=O)[C@H](O)CC(C)C)[C@@H](Cc1ccccc1)C(=O)N(C)CC(=O)N[C@H](C(=O)OCC(Cl)(Cl)Cl)[C@H](C)CC. The summed E-state index contributed by atoms with van der Waals surface area (Å²) in [4.78, 5) is 67.6. The first kappa shape index (κ1) is 37.6. The average Bonchev–Trinajstić information content (AvgIpc) is 2.97. The molecule has 0 aliphatic rings. The molecule has 5 atom stereocenters. The molecule has 44 heavy (non-hydrogen) atoms. The zero-order valence-electron chi connectivity index (χ0n) is 27.0. The molecule has 14 heteroatoms. The van der Waals surface area contributed by atoms with Gasteiger partial charge in [0.15, 0.2) is 0 Å². The van der Waals surface area contributed by atoms with Crippen LogP contribution < -0.4 is 10.6 Å². The van der Waals surface area contributed by atoms with Gasteiger partial charge >= 0.3 is 5.97 Å². The molecule has 1 aromatic carbocycles. The summed E-state index contributed by atoms with van der Waals surface area (Å²) in [5.41, 5.74) is 0.692. The standard InChI is InChI=1S/C30H45Cl3N4O7/c1-8-19(4)25(29(43)44-17-30(31,32)33)35-24(39)16-36(6)28(42)22(15-21-12-10-9-11-13-21)37(7)27(41)20(5)34-26(40)23(38)14-18(2)3/h9-13,18-20,22-23,25,38H,8,14-17H2,1-7H3,(H,34,40)(H,35,39)/t19-,20-,22+,23-,25+/m1/s1/i7D. The molecule has 1 aromatic rings. The molecule has 0 heterocycles. The number of nitrogens with zero attached hydrogens (tertiary/aromatic N) is 2. The van der Waals surface area contributed by atoms with Crippen LogP contribution in [0.5, 0.6) is 0 Å². The van der Waals surface area contributed by atoms with E-state index < -0.39 is 77.8 Å². The van der Waals surface area contributed by atoms with Crippen molar-refractivity contribution in [1.29, 1.82) is 0 Å². The number of benzene rings is 1. The number of carbonyl (C=O) groups is 5. The Balaban J connectivity index is 3.17. The first-order valence-corrected chi connectivity index (χ1v) is 15.4. The fraction of sp³-hybridized carbons (Fsp3) is 0.633. The van der Waals surface area contributed by atoms with Gasteiger partial charge in [-0.3, -0.25) is 19.2 Å². The highest BCUT2D eigenvalue weighted by Crippen LogP contribution is 2.26. The molecule has 0 saturated carbocycles. The third-order valence-electron chi connectivity index (χ3n) is 6.86. The van der Waals surface area contributed by atoms with Crippen LogP contribution in [0.2, 0.25) is 0 Å². The normalized spacial score (nSPS) is 15.2. The fourth-order valence-electron chi connectivity index (χ4n) is 4.17. The van der Waals surface area contributed by atoms with Gasteiger partial charge in [0.25, 0.3) is 0 Å². The smallest absolute Gasteiger partial charge is 0.329 e. The summed E-state index contributed by atoms with van der Waals surface area (Å²) in [7, 11) is 0.738. The van der Waals surface area contributed by atoms with E-state index in [2.05, 4.69) is 10.6 Å². The van der Waals surface area contributed by atoms with E-state index in [4.69, 9.17) is 40.9 Å². The Morgan fingerprint density at radius 3 is 2.16 bits per heavy atom. The van der Waals surface area contributed by atoms with Crippen LogP contribution in [0.1, 0.15) is 54.4 Å². The van der Waals surface area contributed by atoms with Crippen molar-refractivity contribution < 1.29 is 35.2 Å². The second kappa shape index (κ2) is 18.4. The Bertz CT molecular complexity index is 1140. The molecule has 0 radical (unpaired) electrons. The molecule has 0 spiro atoms. The van der Waals surface area contributed by atoms with E-state index in [9.17, 15) is 29.1 Å². The number of nitrogens with one attached hydrogen (secondary N) is 2. The molecule has 0 aliphatic heterocycles. The van der Waals surface area contributed by atoms with Crippen LogP contribution in [-0.4, -0.2) is 99.7 Å². The summed E-state index contributed by atoms with van der Waals surface area (Å²) in [5, 5.41) is 15.2. The maximum atomic E-state index is 13.8. The largest absolute Gasteiger partial charge is 0.460 e. The van der Waals surface area contributed by atoms with Gasteiger partial charge in [-0.15, -0.1) is 0 Å². The van der Waals surface area contributed by atoms with Crippen LogP contribution in [-0.2, 0) is 35.1 Å². The van der Waals surface area contributed by atoms with Crippen LogP contribution in [0, 0.1) is 11.8 Å². The van der Waals surface area contributed by atoms with Gasteiger partial charge in [0, 0.05) is 21.9 Å². The molecular weight excluding hydrogens is 635 g/mol. The summed E-state index contributed by atoms with van der Waals surface area (Å²) >= 11 is 17.0. The number of likely N-dealkylation sites (N-methyl/N-ethyl adjacent to an activating group) is 2. The second-order valence-electron chi connectivity index (χ2n) is 11.2.